The third-order valence-corrected chi connectivity index (χ3v) is 3.73. The third-order valence-electron chi connectivity index (χ3n) is 2.47. The molecular formula is C13H16N2S. The van der Waals surface area contributed by atoms with Gasteiger partial charge in [0.1, 0.15) is 0 Å². The van der Waals surface area contributed by atoms with E-state index in [2.05, 4.69) is 36.2 Å². The van der Waals surface area contributed by atoms with E-state index < -0.39 is 0 Å². The quantitative estimate of drug-likeness (QED) is 0.880. The van der Waals surface area contributed by atoms with Gasteiger partial charge in [-0.2, -0.15) is 0 Å². The molecule has 0 aliphatic heterocycles. The number of thiazole rings is 1. The van der Waals surface area contributed by atoms with E-state index in [9.17, 15) is 0 Å². The zero-order valence-corrected chi connectivity index (χ0v) is 10.3. The molecule has 0 atom stereocenters. The molecule has 0 aliphatic rings. The first-order chi connectivity index (χ1) is 7.85. The molecule has 0 saturated heterocycles. The van der Waals surface area contributed by atoms with Gasteiger partial charge in [-0.1, -0.05) is 37.3 Å². The van der Waals surface area contributed by atoms with Crippen LogP contribution in [0.15, 0.2) is 30.3 Å². The Morgan fingerprint density at radius 2 is 2.00 bits per heavy atom. The van der Waals surface area contributed by atoms with E-state index in [-0.39, 0.29) is 0 Å². The molecule has 1 aromatic heterocycles. The Morgan fingerprint density at radius 3 is 2.62 bits per heavy atom. The number of hydrogen-bond donors (Lipinski definition) is 1. The summed E-state index contributed by atoms with van der Waals surface area (Å²) >= 11 is 1.79. The normalized spacial score (nSPS) is 10.6. The lowest BCUT2D eigenvalue weighted by Gasteiger charge is -1.98. The highest BCUT2D eigenvalue weighted by molar-refractivity contribution is 7.12. The Hall–Kier alpha value is -1.19. The molecule has 3 heteroatoms. The minimum atomic E-state index is 0.672. The Bertz CT molecular complexity index is 448. The SMILES string of the molecule is CCc1sc(CCN)nc1-c1ccccc1. The molecule has 0 unspecified atom stereocenters. The largest absolute Gasteiger partial charge is 0.330 e. The van der Waals surface area contributed by atoms with Gasteiger partial charge in [-0.3, -0.25) is 0 Å². The van der Waals surface area contributed by atoms with Gasteiger partial charge in [-0.05, 0) is 13.0 Å². The van der Waals surface area contributed by atoms with Crippen LogP contribution in [0.4, 0.5) is 0 Å². The maximum Gasteiger partial charge on any atom is 0.0948 e. The van der Waals surface area contributed by atoms with E-state index >= 15 is 0 Å². The molecule has 0 bridgehead atoms. The van der Waals surface area contributed by atoms with E-state index in [1.54, 1.807) is 11.3 Å². The van der Waals surface area contributed by atoms with Crippen LogP contribution in [0.2, 0.25) is 0 Å². The zero-order valence-electron chi connectivity index (χ0n) is 9.44. The Labute approximate surface area is 100 Å². The van der Waals surface area contributed by atoms with Crippen molar-refractivity contribution in [1.82, 2.24) is 4.98 Å². The van der Waals surface area contributed by atoms with Crippen molar-refractivity contribution in [3.8, 4) is 11.3 Å². The molecule has 0 radical (unpaired) electrons. The van der Waals surface area contributed by atoms with E-state index in [4.69, 9.17) is 5.73 Å². The number of benzene rings is 1. The second-order valence-electron chi connectivity index (χ2n) is 3.64. The van der Waals surface area contributed by atoms with Gasteiger partial charge in [0, 0.05) is 16.9 Å². The van der Waals surface area contributed by atoms with Crippen molar-refractivity contribution >= 4 is 11.3 Å². The summed E-state index contributed by atoms with van der Waals surface area (Å²) < 4.78 is 0. The van der Waals surface area contributed by atoms with E-state index in [1.165, 1.54) is 10.4 Å². The second-order valence-corrected chi connectivity index (χ2v) is 4.81. The monoisotopic (exact) mass is 232 g/mol. The van der Waals surface area contributed by atoms with Crippen LogP contribution in [0.25, 0.3) is 11.3 Å². The topological polar surface area (TPSA) is 38.9 Å². The molecule has 0 saturated carbocycles. The molecular weight excluding hydrogens is 216 g/mol. The lowest BCUT2D eigenvalue weighted by Crippen LogP contribution is -2.01. The fourth-order valence-electron chi connectivity index (χ4n) is 1.69. The molecule has 0 spiro atoms. The standard InChI is InChI=1S/C13H16N2S/c1-2-11-13(10-6-4-3-5-7-10)15-12(16-11)8-9-14/h3-7H,2,8-9,14H2,1H3. The fraction of sp³-hybridized carbons (Fsp3) is 0.308. The van der Waals surface area contributed by atoms with Crippen molar-refractivity contribution in [3.05, 3.63) is 40.2 Å². The lowest BCUT2D eigenvalue weighted by molar-refractivity contribution is 0.953. The summed E-state index contributed by atoms with van der Waals surface area (Å²) in [5.74, 6) is 0. The highest BCUT2D eigenvalue weighted by atomic mass is 32.1. The van der Waals surface area contributed by atoms with Crippen molar-refractivity contribution in [3.63, 3.8) is 0 Å². The summed E-state index contributed by atoms with van der Waals surface area (Å²) in [7, 11) is 0. The lowest BCUT2D eigenvalue weighted by atomic mass is 10.1. The molecule has 0 fully saturated rings. The van der Waals surface area contributed by atoms with Gasteiger partial charge < -0.3 is 5.73 Å². The number of hydrogen-bond acceptors (Lipinski definition) is 3. The van der Waals surface area contributed by atoms with Crippen LogP contribution in [0, 0.1) is 0 Å². The molecule has 1 heterocycles. The number of nitrogens with two attached hydrogens (primary N) is 1. The van der Waals surface area contributed by atoms with Crippen LogP contribution < -0.4 is 5.73 Å². The minimum Gasteiger partial charge on any atom is -0.330 e. The van der Waals surface area contributed by atoms with Crippen molar-refractivity contribution in [2.75, 3.05) is 6.54 Å². The first-order valence-electron chi connectivity index (χ1n) is 5.59. The maximum absolute atomic E-state index is 5.57. The molecule has 16 heavy (non-hydrogen) atoms. The summed E-state index contributed by atoms with van der Waals surface area (Å²) in [4.78, 5) is 6.04. The molecule has 84 valence electrons. The van der Waals surface area contributed by atoms with Crippen molar-refractivity contribution in [1.29, 1.82) is 0 Å². The summed E-state index contributed by atoms with van der Waals surface area (Å²) in [6.45, 7) is 2.84. The van der Waals surface area contributed by atoms with Gasteiger partial charge in [-0.15, -0.1) is 11.3 Å². The van der Waals surface area contributed by atoms with E-state index in [0.717, 1.165) is 23.5 Å². The molecule has 2 aromatic rings. The van der Waals surface area contributed by atoms with E-state index in [1.807, 2.05) is 6.07 Å². The summed E-state index contributed by atoms with van der Waals surface area (Å²) in [6, 6.07) is 10.4. The zero-order chi connectivity index (χ0) is 11.4. The summed E-state index contributed by atoms with van der Waals surface area (Å²) in [5.41, 5.74) is 7.91. The highest BCUT2D eigenvalue weighted by Crippen LogP contribution is 2.28. The number of aromatic nitrogens is 1. The molecule has 2 rings (SSSR count). The molecule has 0 amide bonds. The third kappa shape index (κ3) is 2.31. The van der Waals surface area contributed by atoms with Gasteiger partial charge in [0.15, 0.2) is 0 Å². The number of aryl methyl sites for hydroxylation is 1. The van der Waals surface area contributed by atoms with Gasteiger partial charge in [0.2, 0.25) is 0 Å². The maximum atomic E-state index is 5.57. The van der Waals surface area contributed by atoms with Crippen LogP contribution in [-0.2, 0) is 12.8 Å². The smallest absolute Gasteiger partial charge is 0.0948 e. The number of nitrogens with zero attached hydrogens (tertiary/aromatic N) is 1. The average Bonchev–Trinajstić information content (AvgIpc) is 2.74. The van der Waals surface area contributed by atoms with Gasteiger partial charge in [0.25, 0.3) is 0 Å². The highest BCUT2D eigenvalue weighted by Gasteiger charge is 2.10. The van der Waals surface area contributed by atoms with Crippen molar-refractivity contribution in [2.45, 2.75) is 19.8 Å². The molecule has 1 aromatic carbocycles. The molecule has 2 nitrogen and oxygen atoms in total. The van der Waals surface area contributed by atoms with Gasteiger partial charge in [0.05, 0.1) is 10.7 Å². The summed E-state index contributed by atoms with van der Waals surface area (Å²) in [5, 5.41) is 1.15. The van der Waals surface area contributed by atoms with Gasteiger partial charge >= 0.3 is 0 Å². The average molecular weight is 232 g/mol. The first-order valence-corrected chi connectivity index (χ1v) is 6.41. The molecule has 2 N–H and O–H groups in total. The van der Waals surface area contributed by atoms with Crippen LogP contribution in [0.5, 0.6) is 0 Å². The summed E-state index contributed by atoms with van der Waals surface area (Å²) in [6.07, 6.45) is 1.91. The first kappa shape index (κ1) is 11.3. The predicted octanol–water partition coefficient (Wildman–Crippen LogP) is 2.87. The Morgan fingerprint density at radius 1 is 1.25 bits per heavy atom. The number of rotatable bonds is 4. The fourth-order valence-corrected chi connectivity index (χ4v) is 2.74. The van der Waals surface area contributed by atoms with Crippen molar-refractivity contribution < 1.29 is 0 Å². The van der Waals surface area contributed by atoms with E-state index in [0.29, 0.717) is 6.54 Å². The predicted molar refractivity (Wildman–Crippen MR) is 69.7 cm³/mol. The van der Waals surface area contributed by atoms with Gasteiger partial charge in [-0.25, -0.2) is 4.98 Å². The van der Waals surface area contributed by atoms with Crippen molar-refractivity contribution in [2.24, 2.45) is 5.73 Å². The minimum absolute atomic E-state index is 0.672. The second kappa shape index (κ2) is 5.23. The Kier molecular flexibility index (Phi) is 3.70. The Balaban J connectivity index is 2.39. The van der Waals surface area contributed by atoms with Crippen LogP contribution in [0.3, 0.4) is 0 Å². The molecule has 0 aliphatic carbocycles. The van der Waals surface area contributed by atoms with Crippen LogP contribution >= 0.6 is 11.3 Å². The van der Waals surface area contributed by atoms with Crippen LogP contribution in [-0.4, -0.2) is 11.5 Å². The van der Waals surface area contributed by atoms with Crippen LogP contribution in [0.1, 0.15) is 16.8 Å².